The molecule has 0 bridgehead atoms. The minimum Gasteiger partial charge on any atom is -0.501 e. The van der Waals surface area contributed by atoms with Gasteiger partial charge in [0.25, 0.3) is 0 Å². The molecule has 1 radical (unpaired) electrons. The van der Waals surface area contributed by atoms with Crippen molar-refractivity contribution in [3.63, 3.8) is 0 Å². The van der Waals surface area contributed by atoms with Crippen LogP contribution in [0.15, 0.2) is 156 Å². The molecule has 375 valence electrons. The molecule has 0 unspecified atom stereocenters. The van der Waals surface area contributed by atoms with E-state index in [1.54, 1.807) is 6.07 Å². The van der Waals surface area contributed by atoms with Gasteiger partial charge in [-0.25, -0.2) is 0 Å². The fourth-order valence-electron chi connectivity index (χ4n) is 10.8. The Bertz CT molecular complexity index is 3980. The van der Waals surface area contributed by atoms with Crippen LogP contribution in [0.2, 0.25) is 0 Å². The molecular formula is C68H66IrN4O-2. The Balaban J connectivity index is 0.000000277. The van der Waals surface area contributed by atoms with Gasteiger partial charge in [0.1, 0.15) is 5.58 Å². The average Bonchev–Trinajstić information content (AvgIpc) is 4.22. The summed E-state index contributed by atoms with van der Waals surface area (Å²) in [6.07, 6.45) is 5.43. The standard InChI is InChI=1S/C53H49N2O.C15H17N2.Ir/c1-32(2)43-29-39(35-20-18-34(19-21-35)36-24-26-53(5,6)27-25-36)30-44(33(3)4)50(43)55-48-17-10-9-16-47(48)54-52(55)42-15-11-14-41-46-28-38-23-22-37-12-7-8-13-40(37)45(38)31-49(46)56-51(41)42;1-11-10-16-14(12-8-6-5-7-9-12)17-13(11)15(2,3)4;/h7-14,16-23,28-33,36H,24-27H2,1-6H3;5-8,10H,1-4H3;/q2*-1;/i36D;1D3;. The number of imidazole rings is 1. The Morgan fingerprint density at radius 2 is 1.41 bits per heavy atom. The Morgan fingerprint density at radius 3 is 2.11 bits per heavy atom. The van der Waals surface area contributed by atoms with E-state index in [4.69, 9.17) is 13.5 Å². The first-order valence-electron chi connectivity index (χ1n) is 28.0. The Labute approximate surface area is 456 Å². The van der Waals surface area contributed by atoms with E-state index in [1.165, 1.54) is 55.7 Å². The molecule has 1 aliphatic rings. The van der Waals surface area contributed by atoms with Gasteiger partial charge in [-0.2, -0.15) is 0 Å². The molecule has 0 spiro atoms. The van der Waals surface area contributed by atoms with Crippen LogP contribution in [0.25, 0.3) is 94.1 Å². The van der Waals surface area contributed by atoms with E-state index in [-0.39, 0.29) is 42.9 Å². The fourth-order valence-corrected chi connectivity index (χ4v) is 10.8. The van der Waals surface area contributed by atoms with Crippen LogP contribution >= 0.6 is 0 Å². The van der Waals surface area contributed by atoms with Gasteiger partial charge in [-0.1, -0.05) is 146 Å². The van der Waals surface area contributed by atoms with Gasteiger partial charge in [0, 0.05) is 54.0 Å². The van der Waals surface area contributed by atoms with Gasteiger partial charge < -0.3 is 8.98 Å². The van der Waals surface area contributed by atoms with E-state index >= 15 is 0 Å². The van der Waals surface area contributed by atoms with Crippen LogP contribution in [0, 0.1) is 24.4 Å². The van der Waals surface area contributed by atoms with E-state index in [0.717, 1.165) is 81.2 Å². The second-order valence-electron chi connectivity index (χ2n) is 22.5. The molecule has 1 saturated carbocycles. The maximum atomic E-state index is 9.39. The SMILES string of the molecule is [2H]C([2H])([2H])c1cnc(-c2[c-]cccc2)nc1C(C)(C)C.[2H]C1(c2ccc(-c3cc(C(C)C)c(-n4c(-c5[c-]ccc6c5oc5cc7c(ccc8ccccc87)cc56)nc5ccccc54)c(C(C)C)c3)cc2)CCC(C)(C)CC1.[Ir]. The van der Waals surface area contributed by atoms with Gasteiger partial charge >= 0.3 is 0 Å². The predicted octanol–water partition coefficient (Wildman–Crippen LogP) is 18.8. The summed E-state index contributed by atoms with van der Waals surface area (Å²) in [6.45, 7) is 17.5. The van der Waals surface area contributed by atoms with E-state index in [1.807, 2.05) is 45.0 Å². The molecule has 3 heterocycles. The van der Waals surface area contributed by atoms with Gasteiger partial charge in [0.05, 0.1) is 28.3 Å². The van der Waals surface area contributed by atoms with Gasteiger partial charge in [0.15, 0.2) is 0 Å². The minimum atomic E-state index is -2.21. The third-order valence-corrected chi connectivity index (χ3v) is 15.0. The summed E-state index contributed by atoms with van der Waals surface area (Å²) in [6, 6.07) is 57.8. The summed E-state index contributed by atoms with van der Waals surface area (Å²) < 4.78 is 41.5. The van der Waals surface area contributed by atoms with Crippen molar-refractivity contribution >= 4 is 54.5 Å². The van der Waals surface area contributed by atoms with Crippen LogP contribution in [0.4, 0.5) is 0 Å². The third-order valence-electron chi connectivity index (χ3n) is 15.0. The van der Waals surface area contributed by atoms with Gasteiger partial charge in [-0.05, 0) is 147 Å². The number of furan rings is 1. The molecule has 1 fully saturated rings. The first-order chi connectivity index (χ1) is 36.7. The van der Waals surface area contributed by atoms with Crippen LogP contribution < -0.4 is 0 Å². The summed E-state index contributed by atoms with van der Waals surface area (Å²) >= 11 is 0. The number of rotatable bonds is 7. The Kier molecular flexibility index (Phi) is 12.5. The molecular weight excluding hydrogens is 1080 g/mol. The summed E-state index contributed by atoms with van der Waals surface area (Å²) in [5.74, 6) is 1.30. The van der Waals surface area contributed by atoms with E-state index < -0.39 is 12.7 Å². The van der Waals surface area contributed by atoms with Gasteiger partial charge in [0.2, 0.25) is 0 Å². The normalized spacial score (nSPS) is 15.4. The van der Waals surface area contributed by atoms with Crippen molar-refractivity contribution in [2.45, 2.75) is 118 Å². The quantitative estimate of drug-likeness (QED) is 0.118. The third kappa shape index (κ3) is 9.64. The molecule has 8 aromatic carbocycles. The maximum Gasteiger partial charge on any atom is 0.121 e. The molecule has 0 N–H and O–H groups in total. The van der Waals surface area contributed by atoms with Crippen LogP contribution in [-0.2, 0) is 25.5 Å². The molecule has 0 saturated heterocycles. The molecule has 74 heavy (non-hydrogen) atoms. The molecule has 1 aliphatic carbocycles. The molecule has 12 rings (SSSR count). The number of hydrogen-bond acceptors (Lipinski definition) is 4. The molecule has 11 aromatic rings. The zero-order chi connectivity index (χ0) is 54.2. The Morgan fingerprint density at radius 1 is 0.703 bits per heavy atom. The number of aryl methyl sites for hydroxylation is 1. The Hall–Kier alpha value is -6.72. The first kappa shape index (κ1) is 45.9. The summed E-state index contributed by atoms with van der Waals surface area (Å²) in [5.41, 5.74) is 13.2. The molecule has 6 heteroatoms. The number of aromatic nitrogens is 4. The van der Waals surface area contributed by atoms with Crippen molar-refractivity contribution in [2.24, 2.45) is 5.41 Å². The van der Waals surface area contributed by atoms with Crippen LogP contribution in [-0.4, -0.2) is 19.5 Å². The minimum absolute atomic E-state index is 0. The van der Waals surface area contributed by atoms with E-state index in [9.17, 15) is 1.37 Å². The number of benzene rings is 8. The average molecular weight is 1150 g/mol. The monoisotopic (exact) mass is 1150 g/mol. The summed E-state index contributed by atoms with van der Waals surface area (Å²) in [5, 5.41) is 6.98. The number of para-hydroxylation sites is 2. The molecule has 0 atom stereocenters. The van der Waals surface area contributed by atoms with Crippen molar-refractivity contribution in [3.05, 3.63) is 192 Å². The zero-order valence-electron chi connectivity index (χ0n) is 47.9. The summed E-state index contributed by atoms with van der Waals surface area (Å²) in [4.78, 5) is 14.0. The van der Waals surface area contributed by atoms with Gasteiger partial charge in [-0.15, -0.1) is 54.1 Å². The topological polar surface area (TPSA) is 56.7 Å². The van der Waals surface area contributed by atoms with Crippen LogP contribution in [0.3, 0.4) is 0 Å². The number of fused-ring (bicyclic) bond motifs is 7. The second kappa shape index (κ2) is 20.2. The fraction of sp³-hybridized carbons (Fsp3) is 0.279. The zero-order valence-corrected chi connectivity index (χ0v) is 46.3. The number of hydrogen-bond donors (Lipinski definition) is 0. The molecule has 5 nitrogen and oxygen atoms in total. The maximum absolute atomic E-state index is 9.39. The van der Waals surface area contributed by atoms with Crippen molar-refractivity contribution < 1.29 is 30.0 Å². The molecule has 3 aromatic heterocycles. The van der Waals surface area contributed by atoms with Crippen molar-refractivity contribution in [3.8, 4) is 39.6 Å². The largest absolute Gasteiger partial charge is 0.501 e. The van der Waals surface area contributed by atoms with Gasteiger partial charge in [-0.3, -0.25) is 15.0 Å². The van der Waals surface area contributed by atoms with Crippen molar-refractivity contribution in [1.82, 2.24) is 19.5 Å². The van der Waals surface area contributed by atoms with Crippen LogP contribution in [0.5, 0.6) is 0 Å². The predicted molar refractivity (Wildman–Crippen MR) is 306 cm³/mol. The smallest absolute Gasteiger partial charge is 0.121 e. The van der Waals surface area contributed by atoms with Crippen molar-refractivity contribution in [2.75, 3.05) is 0 Å². The summed E-state index contributed by atoms with van der Waals surface area (Å²) in [7, 11) is 0. The molecule has 0 amide bonds. The van der Waals surface area contributed by atoms with E-state index in [0.29, 0.717) is 16.9 Å². The molecule has 0 aliphatic heterocycles. The van der Waals surface area contributed by atoms with Crippen LogP contribution in [0.1, 0.15) is 139 Å². The van der Waals surface area contributed by atoms with Crippen molar-refractivity contribution in [1.29, 1.82) is 0 Å². The first-order valence-corrected chi connectivity index (χ1v) is 26.0. The van der Waals surface area contributed by atoms with E-state index in [2.05, 4.69) is 183 Å². The number of nitrogens with zero attached hydrogens (tertiary/aromatic N) is 4. The second-order valence-corrected chi connectivity index (χ2v) is 22.5.